The van der Waals surface area contributed by atoms with Crippen LogP contribution in [-0.4, -0.2) is 16.5 Å². The molecule has 1 aromatic rings. The average Bonchev–Trinajstić information content (AvgIpc) is 2.14. The maximum atomic E-state index is 11.4. The Bertz CT molecular complexity index is 389. The van der Waals surface area contributed by atoms with Crippen LogP contribution in [0.5, 0.6) is 0 Å². The molecule has 15 heavy (non-hydrogen) atoms. The lowest BCUT2D eigenvalue weighted by atomic mass is 10.0. The van der Waals surface area contributed by atoms with Gasteiger partial charge in [-0.15, -0.1) is 0 Å². The Balaban J connectivity index is 2.84. The summed E-state index contributed by atoms with van der Waals surface area (Å²) >= 11 is 3.37. The van der Waals surface area contributed by atoms with E-state index >= 15 is 0 Å². The lowest BCUT2D eigenvalue weighted by molar-refractivity contribution is -0.128. The molecular formula is C12H13BrO2. The molecule has 0 spiro atoms. The van der Waals surface area contributed by atoms with Crippen LogP contribution < -0.4 is 0 Å². The van der Waals surface area contributed by atoms with Crippen molar-refractivity contribution in [2.24, 2.45) is 0 Å². The second-order valence-electron chi connectivity index (χ2n) is 3.78. The summed E-state index contributed by atoms with van der Waals surface area (Å²) < 4.78 is 0.921. The summed E-state index contributed by atoms with van der Waals surface area (Å²) in [6.07, 6.45) is 3.07. The molecule has 0 bridgehead atoms. The summed E-state index contributed by atoms with van der Waals surface area (Å²) in [5.41, 5.74) is -0.396. The zero-order valence-corrected chi connectivity index (χ0v) is 10.3. The van der Waals surface area contributed by atoms with Gasteiger partial charge in [0.1, 0.15) is 5.60 Å². The number of carbonyl (C=O) groups is 1. The third kappa shape index (κ3) is 3.61. The highest BCUT2D eigenvalue weighted by molar-refractivity contribution is 9.10. The number of carbonyl (C=O) groups excluding carboxylic acids is 1. The fourth-order valence-electron chi connectivity index (χ4n) is 0.980. The third-order valence-corrected chi connectivity index (χ3v) is 2.64. The van der Waals surface area contributed by atoms with Crippen LogP contribution in [0.1, 0.15) is 19.4 Å². The van der Waals surface area contributed by atoms with Gasteiger partial charge < -0.3 is 5.11 Å². The SMILES string of the molecule is CC(C)(O)C(=O)/C=C/c1ccccc1Br. The van der Waals surface area contributed by atoms with E-state index in [1.807, 2.05) is 24.3 Å². The van der Waals surface area contributed by atoms with Gasteiger partial charge >= 0.3 is 0 Å². The summed E-state index contributed by atoms with van der Waals surface area (Å²) in [6, 6.07) is 7.57. The Morgan fingerprint density at radius 2 is 2.00 bits per heavy atom. The van der Waals surface area contributed by atoms with Crippen LogP contribution >= 0.6 is 15.9 Å². The molecule has 0 aliphatic rings. The quantitative estimate of drug-likeness (QED) is 0.857. The first-order chi connectivity index (χ1) is 6.91. The van der Waals surface area contributed by atoms with Crippen molar-refractivity contribution in [1.82, 2.24) is 0 Å². The molecule has 0 heterocycles. The zero-order chi connectivity index (χ0) is 11.5. The number of aliphatic hydroxyl groups is 1. The maximum Gasteiger partial charge on any atom is 0.186 e. The van der Waals surface area contributed by atoms with E-state index < -0.39 is 5.60 Å². The Morgan fingerprint density at radius 1 is 1.40 bits per heavy atom. The monoisotopic (exact) mass is 268 g/mol. The fourth-order valence-corrected chi connectivity index (χ4v) is 1.40. The second kappa shape index (κ2) is 4.73. The Hall–Kier alpha value is -0.930. The van der Waals surface area contributed by atoms with E-state index in [4.69, 9.17) is 0 Å². The summed E-state index contributed by atoms with van der Waals surface area (Å²) in [5.74, 6) is -0.307. The van der Waals surface area contributed by atoms with Gasteiger partial charge in [-0.05, 0) is 31.6 Å². The summed E-state index contributed by atoms with van der Waals surface area (Å²) in [4.78, 5) is 11.4. The van der Waals surface area contributed by atoms with Gasteiger partial charge in [0.2, 0.25) is 0 Å². The highest BCUT2D eigenvalue weighted by Gasteiger charge is 2.20. The fraction of sp³-hybridized carbons (Fsp3) is 0.250. The molecule has 1 aromatic carbocycles. The number of benzene rings is 1. The van der Waals surface area contributed by atoms with Gasteiger partial charge in [0, 0.05) is 4.47 Å². The van der Waals surface area contributed by atoms with Crippen LogP contribution in [0.4, 0.5) is 0 Å². The van der Waals surface area contributed by atoms with Crippen molar-refractivity contribution < 1.29 is 9.90 Å². The van der Waals surface area contributed by atoms with E-state index in [0.29, 0.717) is 0 Å². The molecule has 0 radical (unpaired) electrons. The van der Waals surface area contributed by atoms with Gasteiger partial charge in [-0.25, -0.2) is 0 Å². The number of ketones is 1. The van der Waals surface area contributed by atoms with E-state index in [-0.39, 0.29) is 5.78 Å². The van der Waals surface area contributed by atoms with Gasteiger partial charge in [0.25, 0.3) is 0 Å². The number of rotatable bonds is 3. The van der Waals surface area contributed by atoms with Crippen LogP contribution in [0.25, 0.3) is 6.08 Å². The summed E-state index contributed by atoms with van der Waals surface area (Å²) in [7, 11) is 0. The first-order valence-corrected chi connectivity index (χ1v) is 5.40. The molecule has 0 aromatic heterocycles. The van der Waals surface area contributed by atoms with Crippen molar-refractivity contribution in [3.63, 3.8) is 0 Å². The van der Waals surface area contributed by atoms with E-state index in [1.54, 1.807) is 6.08 Å². The molecule has 1 rings (SSSR count). The second-order valence-corrected chi connectivity index (χ2v) is 4.63. The van der Waals surface area contributed by atoms with Gasteiger partial charge in [-0.1, -0.05) is 40.2 Å². The van der Waals surface area contributed by atoms with Crippen molar-refractivity contribution in [3.05, 3.63) is 40.4 Å². The van der Waals surface area contributed by atoms with Crippen LogP contribution in [0.3, 0.4) is 0 Å². The summed E-state index contributed by atoms with van der Waals surface area (Å²) in [6.45, 7) is 2.94. The first kappa shape index (κ1) is 12.1. The molecule has 0 aliphatic carbocycles. The van der Waals surface area contributed by atoms with Gasteiger partial charge in [-0.3, -0.25) is 4.79 Å². The standard InChI is InChI=1S/C12H13BrO2/c1-12(2,15)11(14)8-7-9-5-3-4-6-10(9)13/h3-8,15H,1-2H3/b8-7+. The third-order valence-electron chi connectivity index (χ3n) is 1.92. The Labute approximate surface area is 97.8 Å². The number of hydrogen-bond donors (Lipinski definition) is 1. The lowest BCUT2D eigenvalue weighted by Crippen LogP contribution is -2.29. The number of hydrogen-bond acceptors (Lipinski definition) is 2. The minimum absolute atomic E-state index is 0.307. The topological polar surface area (TPSA) is 37.3 Å². The van der Waals surface area contributed by atoms with Crippen LogP contribution in [0.15, 0.2) is 34.8 Å². The minimum Gasteiger partial charge on any atom is -0.382 e. The van der Waals surface area contributed by atoms with Crippen molar-refractivity contribution in [2.45, 2.75) is 19.4 Å². The highest BCUT2D eigenvalue weighted by Crippen LogP contribution is 2.17. The Kier molecular flexibility index (Phi) is 3.83. The molecule has 0 amide bonds. The highest BCUT2D eigenvalue weighted by atomic mass is 79.9. The van der Waals surface area contributed by atoms with E-state index in [1.165, 1.54) is 19.9 Å². The zero-order valence-electron chi connectivity index (χ0n) is 8.70. The average molecular weight is 269 g/mol. The molecule has 0 saturated carbocycles. The van der Waals surface area contributed by atoms with Crippen LogP contribution in [-0.2, 0) is 4.79 Å². The molecule has 3 heteroatoms. The molecule has 0 atom stereocenters. The molecule has 0 fully saturated rings. The normalized spacial score (nSPS) is 12.0. The van der Waals surface area contributed by atoms with Crippen LogP contribution in [0, 0.1) is 0 Å². The lowest BCUT2D eigenvalue weighted by Gasteiger charge is -2.11. The Morgan fingerprint density at radius 3 is 2.53 bits per heavy atom. The van der Waals surface area contributed by atoms with Gasteiger partial charge in [0.15, 0.2) is 5.78 Å². The minimum atomic E-state index is -1.31. The first-order valence-electron chi connectivity index (χ1n) is 4.60. The summed E-state index contributed by atoms with van der Waals surface area (Å²) in [5, 5.41) is 9.42. The molecule has 2 nitrogen and oxygen atoms in total. The van der Waals surface area contributed by atoms with Crippen molar-refractivity contribution in [1.29, 1.82) is 0 Å². The van der Waals surface area contributed by atoms with E-state index in [9.17, 15) is 9.90 Å². The number of halogens is 1. The largest absolute Gasteiger partial charge is 0.382 e. The van der Waals surface area contributed by atoms with Crippen molar-refractivity contribution in [2.75, 3.05) is 0 Å². The molecule has 0 unspecified atom stereocenters. The van der Waals surface area contributed by atoms with Crippen molar-refractivity contribution >= 4 is 27.8 Å². The van der Waals surface area contributed by atoms with E-state index in [2.05, 4.69) is 15.9 Å². The maximum absolute atomic E-state index is 11.4. The predicted molar refractivity (Wildman–Crippen MR) is 64.5 cm³/mol. The predicted octanol–water partition coefficient (Wildman–Crippen LogP) is 2.80. The smallest absolute Gasteiger partial charge is 0.186 e. The van der Waals surface area contributed by atoms with E-state index in [0.717, 1.165) is 10.0 Å². The molecule has 0 aliphatic heterocycles. The van der Waals surface area contributed by atoms with Gasteiger partial charge in [-0.2, -0.15) is 0 Å². The molecule has 1 N–H and O–H groups in total. The van der Waals surface area contributed by atoms with Gasteiger partial charge in [0.05, 0.1) is 0 Å². The molecule has 80 valence electrons. The molecule has 0 saturated heterocycles. The van der Waals surface area contributed by atoms with Crippen molar-refractivity contribution in [3.8, 4) is 0 Å². The molecular weight excluding hydrogens is 256 g/mol. The van der Waals surface area contributed by atoms with Crippen LogP contribution in [0.2, 0.25) is 0 Å².